The lowest BCUT2D eigenvalue weighted by Gasteiger charge is -2.20. The predicted octanol–water partition coefficient (Wildman–Crippen LogP) is 4.01. The minimum atomic E-state index is -4.48. The van der Waals surface area contributed by atoms with Gasteiger partial charge in [0.05, 0.1) is 11.6 Å². The summed E-state index contributed by atoms with van der Waals surface area (Å²) in [4.78, 5) is 27.6. The van der Waals surface area contributed by atoms with E-state index < -0.39 is 29.1 Å². The number of hydrogen-bond donors (Lipinski definition) is 2. The highest BCUT2D eigenvalue weighted by atomic mass is 32.1. The Hall–Kier alpha value is -2.62. The number of carboxylic acid groups (broad SMARTS) is 1. The fraction of sp³-hybridized carbons (Fsp3) is 0.312. The Morgan fingerprint density at radius 3 is 2.42 bits per heavy atom. The summed E-state index contributed by atoms with van der Waals surface area (Å²) in [5, 5.41) is 11.8. The van der Waals surface area contributed by atoms with Crippen molar-refractivity contribution in [1.82, 2.24) is 9.88 Å². The summed E-state index contributed by atoms with van der Waals surface area (Å²) in [7, 11) is 1.47. The summed E-state index contributed by atoms with van der Waals surface area (Å²) in [6.45, 7) is 1.53. The van der Waals surface area contributed by atoms with Crippen LogP contribution in [0, 0.1) is 5.92 Å². The zero-order chi connectivity index (χ0) is 19.5. The molecule has 0 saturated carbocycles. The van der Waals surface area contributed by atoms with Gasteiger partial charge in [0.25, 0.3) is 0 Å². The number of amides is 2. The summed E-state index contributed by atoms with van der Waals surface area (Å²) >= 11 is 0.518. The Bertz CT molecular complexity index is 790. The van der Waals surface area contributed by atoms with E-state index in [-0.39, 0.29) is 12.2 Å². The normalized spacial score (nSPS) is 12.5. The van der Waals surface area contributed by atoms with Gasteiger partial charge in [-0.15, -0.1) is 11.3 Å². The van der Waals surface area contributed by atoms with E-state index in [0.29, 0.717) is 22.6 Å². The molecule has 2 N–H and O–H groups in total. The lowest BCUT2D eigenvalue weighted by molar-refractivity contribution is -0.141. The maximum atomic E-state index is 12.6. The molecule has 26 heavy (non-hydrogen) atoms. The number of benzene rings is 1. The highest BCUT2D eigenvalue weighted by Gasteiger charge is 2.34. The Kier molecular flexibility index (Phi) is 5.86. The summed E-state index contributed by atoms with van der Waals surface area (Å²) in [5.41, 5.74) is 1.12. The molecule has 0 aliphatic heterocycles. The highest BCUT2D eigenvalue weighted by molar-refractivity contribution is 7.10. The van der Waals surface area contributed by atoms with E-state index in [0.717, 1.165) is 0 Å². The fourth-order valence-electron chi connectivity index (χ4n) is 2.05. The zero-order valence-electron chi connectivity index (χ0n) is 13.9. The number of halogens is 3. The van der Waals surface area contributed by atoms with Gasteiger partial charge in [-0.1, -0.05) is 19.1 Å². The molecule has 0 aliphatic carbocycles. The zero-order valence-corrected chi connectivity index (χ0v) is 14.7. The molecule has 0 radical (unpaired) electrons. The standard InChI is InChI=1S/C16H16F3N3O3S/c1-9(13(23)24)7-22(2)15(25)20-11-5-3-10(4-6-11)12-8-26-14(21-12)16(17,18)19/h3-6,8-9H,7H2,1-2H3,(H,20,25)(H,23,24). The molecule has 0 fully saturated rings. The van der Waals surface area contributed by atoms with Gasteiger partial charge in [0.1, 0.15) is 0 Å². The van der Waals surface area contributed by atoms with Gasteiger partial charge < -0.3 is 15.3 Å². The van der Waals surface area contributed by atoms with Crippen molar-refractivity contribution in [2.24, 2.45) is 5.92 Å². The molecular weight excluding hydrogens is 371 g/mol. The number of carbonyl (C=O) groups is 2. The molecule has 0 saturated heterocycles. The second kappa shape index (κ2) is 7.73. The van der Waals surface area contributed by atoms with Crippen molar-refractivity contribution in [2.75, 3.05) is 18.9 Å². The highest BCUT2D eigenvalue weighted by Crippen LogP contribution is 2.34. The van der Waals surface area contributed by atoms with Crippen molar-refractivity contribution < 1.29 is 27.9 Å². The average molecular weight is 387 g/mol. The van der Waals surface area contributed by atoms with E-state index in [2.05, 4.69) is 10.3 Å². The van der Waals surface area contributed by atoms with Gasteiger partial charge in [0.2, 0.25) is 0 Å². The Morgan fingerprint density at radius 1 is 1.31 bits per heavy atom. The van der Waals surface area contributed by atoms with Gasteiger partial charge in [-0.25, -0.2) is 9.78 Å². The monoisotopic (exact) mass is 387 g/mol. The smallest absolute Gasteiger partial charge is 0.443 e. The first-order valence-corrected chi connectivity index (χ1v) is 8.34. The molecule has 2 amide bonds. The molecule has 2 aromatic rings. The number of urea groups is 1. The fourth-order valence-corrected chi connectivity index (χ4v) is 2.75. The van der Waals surface area contributed by atoms with Crippen LogP contribution in [-0.4, -0.2) is 40.6 Å². The number of carboxylic acids is 1. The molecule has 0 aliphatic rings. The number of alkyl halides is 3. The van der Waals surface area contributed by atoms with Crippen molar-refractivity contribution in [3.8, 4) is 11.3 Å². The Labute approximate surface area is 151 Å². The first-order chi connectivity index (χ1) is 12.1. The Morgan fingerprint density at radius 2 is 1.92 bits per heavy atom. The van der Waals surface area contributed by atoms with Crippen LogP contribution in [-0.2, 0) is 11.0 Å². The molecule has 10 heteroatoms. The number of aromatic nitrogens is 1. The van der Waals surface area contributed by atoms with E-state index in [1.807, 2.05) is 0 Å². The van der Waals surface area contributed by atoms with E-state index in [9.17, 15) is 22.8 Å². The summed E-state index contributed by atoms with van der Waals surface area (Å²) in [6, 6.07) is 5.68. The molecule has 1 aromatic heterocycles. The number of carbonyl (C=O) groups excluding carboxylic acids is 1. The van der Waals surface area contributed by atoms with Crippen molar-refractivity contribution >= 4 is 29.0 Å². The third kappa shape index (κ3) is 4.94. The number of hydrogen-bond acceptors (Lipinski definition) is 4. The lowest BCUT2D eigenvalue weighted by atomic mass is 10.1. The third-order valence-corrected chi connectivity index (χ3v) is 4.38. The van der Waals surface area contributed by atoms with Crippen molar-refractivity contribution in [3.05, 3.63) is 34.7 Å². The van der Waals surface area contributed by atoms with Crippen LogP contribution in [0.15, 0.2) is 29.6 Å². The van der Waals surface area contributed by atoms with Crippen LogP contribution in [0.4, 0.5) is 23.7 Å². The van der Waals surface area contributed by atoms with E-state index in [4.69, 9.17) is 5.11 Å². The van der Waals surface area contributed by atoms with E-state index in [1.54, 1.807) is 12.1 Å². The van der Waals surface area contributed by atoms with E-state index in [1.165, 1.54) is 36.4 Å². The van der Waals surface area contributed by atoms with Crippen LogP contribution >= 0.6 is 11.3 Å². The first-order valence-electron chi connectivity index (χ1n) is 7.46. The molecule has 140 valence electrons. The van der Waals surface area contributed by atoms with Gasteiger partial charge in [0, 0.05) is 30.2 Å². The number of aliphatic carboxylic acids is 1. The molecular formula is C16H16F3N3O3S. The number of rotatable bonds is 5. The first kappa shape index (κ1) is 19.7. The van der Waals surface area contributed by atoms with Gasteiger partial charge >= 0.3 is 18.2 Å². The van der Waals surface area contributed by atoms with Crippen molar-refractivity contribution in [2.45, 2.75) is 13.1 Å². The van der Waals surface area contributed by atoms with Gasteiger partial charge in [-0.3, -0.25) is 4.79 Å². The number of anilines is 1. The van der Waals surface area contributed by atoms with Gasteiger partial charge in [0.15, 0.2) is 5.01 Å². The van der Waals surface area contributed by atoms with Crippen LogP contribution in [0.5, 0.6) is 0 Å². The molecule has 1 aromatic carbocycles. The second-order valence-electron chi connectivity index (χ2n) is 5.66. The maximum Gasteiger partial charge on any atom is 0.443 e. The lowest BCUT2D eigenvalue weighted by Crippen LogP contribution is -2.36. The molecule has 1 heterocycles. The van der Waals surface area contributed by atoms with Crippen LogP contribution in [0.25, 0.3) is 11.3 Å². The van der Waals surface area contributed by atoms with E-state index >= 15 is 0 Å². The number of thiazole rings is 1. The minimum absolute atomic E-state index is 0.0400. The quantitative estimate of drug-likeness (QED) is 0.812. The van der Waals surface area contributed by atoms with Crippen LogP contribution in [0.2, 0.25) is 0 Å². The van der Waals surface area contributed by atoms with Gasteiger partial charge in [-0.2, -0.15) is 13.2 Å². The Balaban J connectivity index is 2.02. The second-order valence-corrected chi connectivity index (χ2v) is 6.52. The summed E-state index contributed by atoms with van der Waals surface area (Å²) in [5.74, 6) is -1.71. The molecule has 1 unspecified atom stereocenters. The topological polar surface area (TPSA) is 82.5 Å². The molecule has 2 rings (SSSR count). The number of nitrogens with zero attached hydrogens (tertiary/aromatic N) is 2. The summed E-state index contributed by atoms with van der Waals surface area (Å²) in [6.07, 6.45) is -4.48. The SMILES string of the molecule is CC(CN(C)C(=O)Nc1ccc(-c2csc(C(F)(F)F)n2)cc1)C(=O)O. The van der Waals surface area contributed by atoms with Crippen LogP contribution < -0.4 is 5.32 Å². The van der Waals surface area contributed by atoms with Crippen LogP contribution in [0.1, 0.15) is 11.9 Å². The largest absolute Gasteiger partial charge is 0.481 e. The van der Waals surface area contributed by atoms with Crippen LogP contribution in [0.3, 0.4) is 0 Å². The van der Waals surface area contributed by atoms with Crippen molar-refractivity contribution in [1.29, 1.82) is 0 Å². The third-order valence-electron chi connectivity index (χ3n) is 3.49. The van der Waals surface area contributed by atoms with Gasteiger partial charge in [-0.05, 0) is 12.1 Å². The molecule has 0 spiro atoms. The minimum Gasteiger partial charge on any atom is -0.481 e. The number of nitrogens with one attached hydrogen (secondary N) is 1. The molecule has 6 nitrogen and oxygen atoms in total. The maximum absolute atomic E-state index is 12.6. The molecule has 0 bridgehead atoms. The van der Waals surface area contributed by atoms with Crippen molar-refractivity contribution in [3.63, 3.8) is 0 Å². The average Bonchev–Trinajstić information content (AvgIpc) is 3.05. The predicted molar refractivity (Wildman–Crippen MR) is 91.0 cm³/mol. The molecule has 1 atom stereocenters. The summed E-state index contributed by atoms with van der Waals surface area (Å²) < 4.78 is 37.8.